The van der Waals surface area contributed by atoms with Crippen molar-refractivity contribution in [3.63, 3.8) is 0 Å². The number of rotatable bonds is 4. The minimum Gasteiger partial charge on any atom is -0.470 e. The van der Waals surface area contributed by atoms with Gasteiger partial charge in [0, 0.05) is 13.0 Å². The highest BCUT2D eigenvalue weighted by Crippen LogP contribution is 2.22. The van der Waals surface area contributed by atoms with Gasteiger partial charge in [-0.3, -0.25) is 4.79 Å². The van der Waals surface area contributed by atoms with Gasteiger partial charge in [0.1, 0.15) is 23.8 Å². The molecular formula is C15H17FN4O3. The van der Waals surface area contributed by atoms with Crippen molar-refractivity contribution in [2.24, 2.45) is 0 Å². The summed E-state index contributed by atoms with van der Waals surface area (Å²) in [6, 6.07) is 0. The van der Waals surface area contributed by atoms with E-state index in [1.54, 1.807) is 11.8 Å². The lowest BCUT2D eigenvalue weighted by atomic mass is 10.2. The summed E-state index contributed by atoms with van der Waals surface area (Å²) in [5.41, 5.74) is 0.758. The first-order chi connectivity index (χ1) is 11.1. The highest BCUT2D eigenvalue weighted by Gasteiger charge is 2.31. The maximum atomic E-state index is 14.1. The Kier molecular flexibility index (Phi) is 4.22. The Bertz CT molecular complexity index is 718. The molecule has 23 heavy (non-hydrogen) atoms. The van der Waals surface area contributed by atoms with Crippen molar-refractivity contribution < 1.29 is 18.4 Å². The average molecular weight is 320 g/mol. The molecule has 3 heterocycles. The first kappa shape index (κ1) is 15.4. The Balaban J connectivity index is 1.67. The van der Waals surface area contributed by atoms with Crippen LogP contribution in [0.4, 0.5) is 4.39 Å². The zero-order chi connectivity index (χ0) is 16.4. The number of ether oxygens (including phenoxy) is 1. The van der Waals surface area contributed by atoms with Crippen molar-refractivity contribution >= 4 is 5.91 Å². The lowest BCUT2D eigenvalue weighted by molar-refractivity contribution is 0.0768. The molecule has 7 nitrogen and oxygen atoms in total. The molecule has 0 aliphatic carbocycles. The van der Waals surface area contributed by atoms with E-state index in [1.807, 2.05) is 6.92 Å². The number of halogens is 1. The van der Waals surface area contributed by atoms with Gasteiger partial charge in [0.05, 0.1) is 18.4 Å². The van der Waals surface area contributed by atoms with Crippen LogP contribution < -0.4 is 4.74 Å². The molecule has 0 radical (unpaired) electrons. The van der Waals surface area contributed by atoms with E-state index in [1.165, 1.54) is 12.5 Å². The van der Waals surface area contributed by atoms with E-state index in [9.17, 15) is 9.18 Å². The third-order valence-electron chi connectivity index (χ3n) is 3.86. The van der Waals surface area contributed by atoms with Crippen LogP contribution in [0.3, 0.4) is 0 Å². The third kappa shape index (κ3) is 3.01. The van der Waals surface area contributed by atoms with Crippen molar-refractivity contribution in [1.29, 1.82) is 0 Å². The second-order valence-electron chi connectivity index (χ2n) is 5.37. The van der Waals surface area contributed by atoms with E-state index in [0.717, 1.165) is 0 Å². The topological polar surface area (TPSA) is 81.4 Å². The van der Waals surface area contributed by atoms with Gasteiger partial charge in [0.2, 0.25) is 5.82 Å². The Morgan fingerprint density at radius 3 is 3.04 bits per heavy atom. The zero-order valence-electron chi connectivity index (χ0n) is 13.0. The van der Waals surface area contributed by atoms with Gasteiger partial charge >= 0.3 is 0 Å². The number of carbonyl (C=O) groups is 1. The summed E-state index contributed by atoms with van der Waals surface area (Å²) >= 11 is 0. The first-order valence-electron chi connectivity index (χ1n) is 7.46. The predicted octanol–water partition coefficient (Wildman–Crippen LogP) is 1.77. The number of amides is 1. The van der Waals surface area contributed by atoms with Crippen LogP contribution in [-0.2, 0) is 6.42 Å². The maximum absolute atomic E-state index is 14.1. The number of likely N-dealkylation sites (tertiary alicyclic amines) is 1. The van der Waals surface area contributed by atoms with Crippen LogP contribution in [0.5, 0.6) is 5.88 Å². The first-order valence-corrected chi connectivity index (χ1v) is 7.46. The summed E-state index contributed by atoms with van der Waals surface area (Å²) in [5, 5.41) is 3.61. The van der Waals surface area contributed by atoms with Gasteiger partial charge in [-0.15, -0.1) is 0 Å². The van der Waals surface area contributed by atoms with E-state index < -0.39 is 5.82 Å². The summed E-state index contributed by atoms with van der Waals surface area (Å²) in [6.45, 7) is 4.40. The van der Waals surface area contributed by atoms with Gasteiger partial charge in [0.15, 0.2) is 0 Å². The van der Waals surface area contributed by atoms with E-state index >= 15 is 0 Å². The lowest BCUT2D eigenvalue weighted by Gasteiger charge is -2.16. The number of hydrogen-bond donors (Lipinski definition) is 0. The smallest absolute Gasteiger partial charge is 0.259 e. The van der Waals surface area contributed by atoms with Crippen molar-refractivity contribution in [3.8, 4) is 5.88 Å². The summed E-state index contributed by atoms with van der Waals surface area (Å²) in [4.78, 5) is 21.7. The zero-order valence-corrected chi connectivity index (χ0v) is 13.0. The van der Waals surface area contributed by atoms with Crippen LogP contribution in [0.2, 0.25) is 0 Å². The molecule has 8 heteroatoms. The summed E-state index contributed by atoms with van der Waals surface area (Å²) < 4.78 is 24.6. The molecule has 1 aliphatic heterocycles. The molecule has 0 spiro atoms. The molecule has 1 saturated heterocycles. The maximum Gasteiger partial charge on any atom is 0.259 e. The van der Waals surface area contributed by atoms with Crippen molar-refractivity contribution in [2.75, 3.05) is 13.1 Å². The third-order valence-corrected chi connectivity index (χ3v) is 3.86. The molecule has 2 aromatic rings. The fraction of sp³-hybridized carbons (Fsp3) is 0.467. The molecule has 0 saturated carbocycles. The largest absolute Gasteiger partial charge is 0.470 e. The van der Waals surface area contributed by atoms with Crippen LogP contribution in [-0.4, -0.2) is 45.1 Å². The molecule has 2 aromatic heterocycles. The van der Waals surface area contributed by atoms with Gasteiger partial charge in [-0.1, -0.05) is 12.1 Å². The number of hydrogen-bond acceptors (Lipinski definition) is 6. The number of aromatic nitrogens is 3. The molecule has 122 valence electrons. The number of carbonyl (C=O) groups excluding carboxylic acids is 1. The van der Waals surface area contributed by atoms with Crippen molar-refractivity contribution in [1.82, 2.24) is 20.0 Å². The Morgan fingerprint density at radius 2 is 2.35 bits per heavy atom. The normalized spacial score (nSPS) is 17.5. The standard InChI is InChI=1S/C15H17FN4O3/c1-3-12-13(16)14(18-8-17-12)22-10-4-5-20(7-10)15(21)11-6-19-23-9(11)2/h6,8,10H,3-5,7H2,1-2H3. The van der Waals surface area contributed by atoms with Crippen LogP contribution in [0.25, 0.3) is 0 Å². The van der Waals surface area contributed by atoms with Gasteiger partial charge in [-0.2, -0.15) is 9.37 Å². The molecule has 1 unspecified atom stereocenters. The molecule has 3 rings (SSSR count). The fourth-order valence-electron chi connectivity index (χ4n) is 2.56. The summed E-state index contributed by atoms with van der Waals surface area (Å²) in [7, 11) is 0. The van der Waals surface area contributed by atoms with Gasteiger partial charge in [0.25, 0.3) is 11.8 Å². The molecule has 1 fully saturated rings. The average Bonchev–Trinajstić information content (AvgIpc) is 3.18. The monoisotopic (exact) mass is 320 g/mol. The summed E-state index contributed by atoms with van der Waals surface area (Å²) in [6.07, 6.45) is 3.47. The van der Waals surface area contributed by atoms with Crippen LogP contribution in [0.1, 0.15) is 35.2 Å². The second-order valence-corrected chi connectivity index (χ2v) is 5.37. The Hall–Kier alpha value is -2.51. The molecular weight excluding hydrogens is 303 g/mol. The van der Waals surface area contributed by atoms with Crippen LogP contribution in [0, 0.1) is 12.7 Å². The number of nitrogens with zero attached hydrogens (tertiary/aromatic N) is 4. The highest BCUT2D eigenvalue weighted by molar-refractivity contribution is 5.94. The van der Waals surface area contributed by atoms with E-state index in [2.05, 4.69) is 15.1 Å². The highest BCUT2D eigenvalue weighted by atomic mass is 19.1. The SMILES string of the molecule is CCc1ncnc(OC2CCN(C(=O)c3cnoc3C)C2)c1F. The molecule has 1 atom stereocenters. The molecule has 1 amide bonds. The van der Waals surface area contributed by atoms with Crippen molar-refractivity contribution in [2.45, 2.75) is 32.8 Å². The Labute approximate surface area is 132 Å². The van der Waals surface area contributed by atoms with E-state index in [-0.39, 0.29) is 17.9 Å². The number of aryl methyl sites for hydroxylation is 2. The minimum atomic E-state index is -0.533. The van der Waals surface area contributed by atoms with Gasteiger partial charge in [-0.25, -0.2) is 4.98 Å². The predicted molar refractivity (Wildman–Crippen MR) is 77.5 cm³/mol. The van der Waals surface area contributed by atoms with Gasteiger partial charge in [-0.05, 0) is 13.3 Å². The van der Waals surface area contributed by atoms with Crippen LogP contribution >= 0.6 is 0 Å². The fourth-order valence-corrected chi connectivity index (χ4v) is 2.56. The molecule has 0 aromatic carbocycles. The minimum absolute atomic E-state index is 0.0580. The molecule has 0 bridgehead atoms. The van der Waals surface area contributed by atoms with E-state index in [4.69, 9.17) is 9.26 Å². The Morgan fingerprint density at radius 1 is 1.52 bits per heavy atom. The van der Waals surface area contributed by atoms with Crippen LogP contribution in [0.15, 0.2) is 17.0 Å². The molecule has 1 aliphatic rings. The van der Waals surface area contributed by atoms with E-state index in [0.29, 0.717) is 42.9 Å². The molecule has 0 N–H and O–H groups in total. The second kappa shape index (κ2) is 6.31. The lowest BCUT2D eigenvalue weighted by Crippen LogP contribution is -2.31. The summed E-state index contributed by atoms with van der Waals surface area (Å²) in [5.74, 6) is -0.270. The quantitative estimate of drug-likeness (QED) is 0.854. The van der Waals surface area contributed by atoms with Crippen molar-refractivity contribution in [3.05, 3.63) is 35.4 Å². The van der Waals surface area contributed by atoms with Gasteiger partial charge < -0.3 is 14.2 Å².